The average molecular weight is 324 g/mol. The summed E-state index contributed by atoms with van der Waals surface area (Å²) in [5, 5.41) is 8.48. The lowest BCUT2D eigenvalue weighted by Crippen LogP contribution is -2.05. The molecule has 0 aromatic rings. The second-order valence-electron chi connectivity index (χ2n) is 5.64. The fourth-order valence-corrected chi connectivity index (χ4v) is 2.05. The lowest BCUT2D eigenvalue weighted by molar-refractivity contribution is -0.144. The molecular weight excluding hydrogens is 292 g/mol. The molecule has 4 heteroatoms. The van der Waals surface area contributed by atoms with Crippen molar-refractivity contribution in [2.75, 3.05) is 6.61 Å². The van der Waals surface area contributed by atoms with Crippen molar-refractivity contribution in [2.45, 2.75) is 77.6 Å². The SMILES string of the molecule is CCCCCC/C=C\C/C=C\CCOC(=O)CCCCC(=O)O. The molecule has 0 rings (SSSR count). The first-order valence-electron chi connectivity index (χ1n) is 8.84. The van der Waals surface area contributed by atoms with E-state index in [9.17, 15) is 9.59 Å². The Morgan fingerprint density at radius 1 is 0.870 bits per heavy atom. The minimum absolute atomic E-state index is 0.113. The van der Waals surface area contributed by atoms with Crippen molar-refractivity contribution in [3.63, 3.8) is 0 Å². The summed E-state index contributed by atoms with van der Waals surface area (Å²) in [5.41, 5.74) is 0. The van der Waals surface area contributed by atoms with Gasteiger partial charge in [-0.25, -0.2) is 0 Å². The fourth-order valence-electron chi connectivity index (χ4n) is 2.05. The first kappa shape index (κ1) is 21.4. The normalized spacial score (nSPS) is 11.3. The largest absolute Gasteiger partial charge is 0.481 e. The lowest BCUT2D eigenvalue weighted by atomic mass is 10.1. The van der Waals surface area contributed by atoms with Gasteiger partial charge in [0.05, 0.1) is 6.61 Å². The van der Waals surface area contributed by atoms with Gasteiger partial charge >= 0.3 is 11.9 Å². The Bertz CT molecular complexity index is 358. The number of carbonyl (C=O) groups is 2. The van der Waals surface area contributed by atoms with Gasteiger partial charge < -0.3 is 9.84 Å². The maximum absolute atomic E-state index is 11.4. The summed E-state index contributed by atoms with van der Waals surface area (Å²) in [7, 11) is 0. The van der Waals surface area contributed by atoms with Gasteiger partial charge in [-0.2, -0.15) is 0 Å². The van der Waals surface area contributed by atoms with E-state index in [0.29, 0.717) is 25.9 Å². The van der Waals surface area contributed by atoms with Crippen LogP contribution in [0.2, 0.25) is 0 Å². The van der Waals surface area contributed by atoms with Crippen LogP contribution in [0.3, 0.4) is 0 Å². The number of allylic oxidation sites excluding steroid dienone is 3. The molecule has 0 aromatic heterocycles. The predicted octanol–water partition coefficient (Wildman–Crippen LogP) is 5.04. The molecule has 4 nitrogen and oxygen atoms in total. The topological polar surface area (TPSA) is 63.6 Å². The molecule has 0 bridgehead atoms. The van der Waals surface area contributed by atoms with E-state index in [1.54, 1.807) is 0 Å². The molecule has 0 aromatic carbocycles. The van der Waals surface area contributed by atoms with Gasteiger partial charge in [-0.15, -0.1) is 0 Å². The Balaban J connectivity index is 3.37. The Labute approximate surface area is 140 Å². The van der Waals surface area contributed by atoms with Crippen molar-refractivity contribution in [2.24, 2.45) is 0 Å². The molecule has 0 aliphatic heterocycles. The summed E-state index contributed by atoms with van der Waals surface area (Å²) in [5.74, 6) is -1.06. The van der Waals surface area contributed by atoms with E-state index in [4.69, 9.17) is 9.84 Å². The lowest BCUT2D eigenvalue weighted by Gasteiger charge is -2.02. The summed E-state index contributed by atoms with van der Waals surface area (Å²) in [4.78, 5) is 21.7. The molecule has 0 fully saturated rings. The molecule has 0 radical (unpaired) electrons. The van der Waals surface area contributed by atoms with Crippen molar-refractivity contribution in [1.82, 2.24) is 0 Å². The van der Waals surface area contributed by atoms with Crippen molar-refractivity contribution in [3.8, 4) is 0 Å². The zero-order valence-corrected chi connectivity index (χ0v) is 14.5. The Kier molecular flexibility index (Phi) is 15.6. The molecule has 0 aliphatic rings. The Hall–Kier alpha value is -1.58. The van der Waals surface area contributed by atoms with Gasteiger partial charge in [-0.05, 0) is 38.5 Å². The molecule has 0 saturated heterocycles. The van der Waals surface area contributed by atoms with E-state index in [-0.39, 0.29) is 12.4 Å². The number of esters is 1. The molecule has 0 atom stereocenters. The van der Waals surface area contributed by atoms with Crippen LogP contribution in [-0.4, -0.2) is 23.7 Å². The molecule has 23 heavy (non-hydrogen) atoms. The number of rotatable bonds is 15. The summed E-state index contributed by atoms with van der Waals surface area (Å²) < 4.78 is 5.08. The predicted molar refractivity (Wildman–Crippen MR) is 93.3 cm³/mol. The second-order valence-corrected chi connectivity index (χ2v) is 5.64. The van der Waals surface area contributed by atoms with Crippen molar-refractivity contribution in [1.29, 1.82) is 0 Å². The third kappa shape index (κ3) is 18.4. The third-order valence-electron chi connectivity index (χ3n) is 3.40. The van der Waals surface area contributed by atoms with Crippen LogP contribution < -0.4 is 0 Å². The van der Waals surface area contributed by atoms with Crippen LogP contribution in [0, 0.1) is 0 Å². The van der Waals surface area contributed by atoms with Gasteiger partial charge in [0, 0.05) is 12.8 Å². The minimum Gasteiger partial charge on any atom is -0.481 e. The van der Waals surface area contributed by atoms with E-state index >= 15 is 0 Å². The highest BCUT2D eigenvalue weighted by Gasteiger charge is 2.03. The molecular formula is C19H32O4. The molecule has 1 N–H and O–H groups in total. The van der Waals surface area contributed by atoms with Crippen LogP contribution >= 0.6 is 0 Å². The van der Waals surface area contributed by atoms with Gasteiger partial charge in [-0.1, -0.05) is 50.5 Å². The monoisotopic (exact) mass is 324 g/mol. The number of ether oxygens (including phenoxy) is 1. The van der Waals surface area contributed by atoms with Gasteiger partial charge in [-0.3, -0.25) is 9.59 Å². The van der Waals surface area contributed by atoms with E-state index < -0.39 is 5.97 Å². The van der Waals surface area contributed by atoms with Gasteiger partial charge in [0.25, 0.3) is 0 Å². The number of hydrogen-bond acceptors (Lipinski definition) is 3. The van der Waals surface area contributed by atoms with Crippen LogP contribution in [0.15, 0.2) is 24.3 Å². The number of hydrogen-bond donors (Lipinski definition) is 1. The summed E-state index contributed by atoms with van der Waals surface area (Å²) in [6.07, 6.45) is 18.0. The molecule has 0 saturated carbocycles. The van der Waals surface area contributed by atoms with Crippen LogP contribution in [-0.2, 0) is 14.3 Å². The zero-order valence-electron chi connectivity index (χ0n) is 14.5. The summed E-state index contributed by atoms with van der Waals surface area (Å²) in [6.45, 7) is 2.62. The molecule has 0 aliphatic carbocycles. The van der Waals surface area contributed by atoms with Gasteiger partial charge in [0.1, 0.15) is 0 Å². The molecule has 132 valence electrons. The van der Waals surface area contributed by atoms with Crippen molar-refractivity contribution < 1.29 is 19.4 Å². The van der Waals surface area contributed by atoms with Crippen LogP contribution in [0.4, 0.5) is 0 Å². The van der Waals surface area contributed by atoms with E-state index in [1.165, 1.54) is 25.7 Å². The summed E-state index contributed by atoms with van der Waals surface area (Å²) in [6, 6.07) is 0. The fraction of sp³-hybridized carbons (Fsp3) is 0.684. The van der Waals surface area contributed by atoms with E-state index in [0.717, 1.165) is 19.3 Å². The summed E-state index contributed by atoms with van der Waals surface area (Å²) >= 11 is 0. The zero-order chi connectivity index (χ0) is 17.2. The quantitative estimate of drug-likeness (QED) is 0.260. The molecule has 0 unspecified atom stereocenters. The Morgan fingerprint density at radius 3 is 2.26 bits per heavy atom. The maximum Gasteiger partial charge on any atom is 0.305 e. The second kappa shape index (κ2) is 16.8. The van der Waals surface area contributed by atoms with Gasteiger partial charge in [0.15, 0.2) is 0 Å². The van der Waals surface area contributed by atoms with Crippen LogP contribution in [0.1, 0.15) is 77.6 Å². The number of carbonyl (C=O) groups excluding carboxylic acids is 1. The molecule has 0 spiro atoms. The van der Waals surface area contributed by atoms with E-state index in [1.807, 2.05) is 6.08 Å². The molecule has 0 heterocycles. The van der Waals surface area contributed by atoms with Crippen molar-refractivity contribution in [3.05, 3.63) is 24.3 Å². The highest BCUT2D eigenvalue weighted by molar-refractivity contribution is 5.69. The van der Waals surface area contributed by atoms with Crippen LogP contribution in [0.25, 0.3) is 0 Å². The first-order valence-corrected chi connectivity index (χ1v) is 8.84. The number of carboxylic acids is 1. The first-order chi connectivity index (χ1) is 11.2. The van der Waals surface area contributed by atoms with Crippen LogP contribution in [0.5, 0.6) is 0 Å². The highest BCUT2D eigenvalue weighted by atomic mass is 16.5. The number of aliphatic carboxylic acids is 1. The van der Waals surface area contributed by atoms with E-state index in [2.05, 4.69) is 25.2 Å². The average Bonchev–Trinajstić information content (AvgIpc) is 2.52. The maximum atomic E-state index is 11.4. The standard InChI is InChI=1S/C19H32O4/c1-2-3-4-5-6-7-8-9-10-11-14-17-23-19(22)16-13-12-15-18(20)21/h7-8,10-11H,2-6,9,12-17H2,1H3,(H,20,21)/b8-7-,11-10-. The van der Waals surface area contributed by atoms with Gasteiger partial charge in [0.2, 0.25) is 0 Å². The number of unbranched alkanes of at least 4 members (excludes halogenated alkanes) is 5. The smallest absolute Gasteiger partial charge is 0.305 e. The Morgan fingerprint density at radius 2 is 1.57 bits per heavy atom. The highest BCUT2D eigenvalue weighted by Crippen LogP contribution is 2.04. The van der Waals surface area contributed by atoms with Crippen molar-refractivity contribution >= 4 is 11.9 Å². The minimum atomic E-state index is -0.821. The number of carboxylic acid groups (broad SMARTS) is 1. The molecule has 0 amide bonds. The third-order valence-corrected chi connectivity index (χ3v) is 3.40.